The molecule has 0 aromatic heterocycles. The minimum atomic E-state index is -1.06. The van der Waals surface area contributed by atoms with Crippen LogP contribution in [0.3, 0.4) is 0 Å². The summed E-state index contributed by atoms with van der Waals surface area (Å²) in [4.78, 5) is 23.0. The Kier molecular flexibility index (Phi) is 7.79. The van der Waals surface area contributed by atoms with Crippen LogP contribution in [0.5, 0.6) is 0 Å². The van der Waals surface area contributed by atoms with Crippen LogP contribution in [-0.2, 0) is 14.3 Å². The molecule has 0 fully saturated rings. The lowest BCUT2D eigenvalue weighted by Crippen LogP contribution is -2.36. The lowest BCUT2D eigenvalue weighted by molar-refractivity contribution is -0.139. The number of carbonyl (C=O) groups excluding carboxylic acids is 1. The van der Waals surface area contributed by atoms with Gasteiger partial charge in [-0.1, -0.05) is 6.58 Å². The minimum Gasteiger partial charge on any atom is -0.465 e. The van der Waals surface area contributed by atoms with E-state index in [9.17, 15) is 9.59 Å². The van der Waals surface area contributed by atoms with E-state index in [4.69, 9.17) is 14.6 Å². The van der Waals surface area contributed by atoms with E-state index < -0.39 is 12.1 Å². The first kappa shape index (κ1) is 15.4. The predicted molar refractivity (Wildman–Crippen MR) is 61.9 cm³/mol. The van der Waals surface area contributed by atoms with Crippen LogP contribution < -0.4 is 0 Å². The first-order valence-electron chi connectivity index (χ1n) is 5.37. The van der Waals surface area contributed by atoms with Crippen LogP contribution >= 0.6 is 0 Å². The van der Waals surface area contributed by atoms with Gasteiger partial charge in [0.15, 0.2) is 0 Å². The summed E-state index contributed by atoms with van der Waals surface area (Å²) < 4.78 is 9.86. The standard InChI is InChI=1S/C11H19NO5/c1-4-16-7-5-12(11(14)15)6-8-17-10(13)9(2)3/h2,4-8H2,1,3H3,(H,14,15). The van der Waals surface area contributed by atoms with Crippen molar-refractivity contribution >= 4 is 12.1 Å². The van der Waals surface area contributed by atoms with Gasteiger partial charge in [-0.15, -0.1) is 0 Å². The summed E-state index contributed by atoms with van der Waals surface area (Å²) >= 11 is 0. The predicted octanol–water partition coefficient (Wildman–Crippen LogP) is 1.12. The van der Waals surface area contributed by atoms with Crippen LogP contribution in [0.25, 0.3) is 0 Å². The number of amides is 1. The number of esters is 1. The molecular formula is C11H19NO5. The summed E-state index contributed by atoms with van der Waals surface area (Å²) in [5.41, 5.74) is 0.293. The average molecular weight is 245 g/mol. The van der Waals surface area contributed by atoms with Gasteiger partial charge in [-0.2, -0.15) is 0 Å². The van der Waals surface area contributed by atoms with Crippen molar-refractivity contribution in [3.8, 4) is 0 Å². The fraction of sp³-hybridized carbons (Fsp3) is 0.636. The lowest BCUT2D eigenvalue weighted by Gasteiger charge is -2.18. The smallest absolute Gasteiger partial charge is 0.407 e. The number of ether oxygens (including phenoxy) is 2. The Morgan fingerprint density at radius 2 is 1.88 bits per heavy atom. The Morgan fingerprint density at radius 1 is 1.29 bits per heavy atom. The first-order chi connectivity index (χ1) is 7.99. The Bertz CT molecular complexity index is 277. The first-order valence-corrected chi connectivity index (χ1v) is 5.37. The molecule has 0 atom stereocenters. The molecule has 0 aliphatic heterocycles. The number of rotatable bonds is 8. The summed E-state index contributed by atoms with van der Waals surface area (Å²) in [7, 11) is 0. The number of hydrogen-bond donors (Lipinski definition) is 1. The zero-order valence-electron chi connectivity index (χ0n) is 10.3. The second-order valence-electron chi connectivity index (χ2n) is 3.38. The normalized spacial score (nSPS) is 9.76. The zero-order chi connectivity index (χ0) is 13.3. The molecule has 0 saturated heterocycles. The molecule has 17 heavy (non-hydrogen) atoms. The van der Waals surface area contributed by atoms with Gasteiger partial charge in [0.2, 0.25) is 0 Å². The van der Waals surface area contributed by atoms with Crippen LogP contribution in [0.4, 0.5) is 4.79 Å². The van der Waals surface area contributed by atoms with E-state index in [1.807, 2.05) is 6.92 Å². The molecule has 0 aliphatic carbocycles. The molecule has 0 bridgehead atoms. The van der Waals surface area contributed by atoms with E-state index in [1.54, 1.807) is 0 Å². The fourth-order valence-corrected chi connectivity index (χ4v) is 0.994. The maximum absolute atomic E-state index is 11.0. The Balaban J connectivity index is 3.89. The average Bonchev–Trinajstić information content (AvgIpc) is 2.26. The molecule has 0 saturated carbocycles. The lowest BCUT2D eigenvalue weighted by atomic mass is 10.4. The monoisotopic (exact) mass is 245 g/mol. The minimum absolute atomic E-state index is 0.0180. The van der Waals surface area contributed by atoms with Crippen LogP contribution in [0.2, 0.25) is 0 Å². The zero-order valence-corrected chi connectivity index (χ0v) is 10.3. The number of carboxylic acid groups (broad SMARTS) is 1. The van der Waals surface area contributed by atoms with Crippen molar-refractivity contribution in [2.24, 2.45) is 0 Å². The van der Waals surface area contributed by atoms with Gasteiger partial charge in [0.1, 0.15) is 6.61 Å². The van der Waals surface area contributed by atoms with Gasteiger partial charge in [-0.3, -0.25) is 0 Å². The van der Waals surface area contributed by atoms with E-state index in [2.05, 4.69) is 6.58 Å². The van der Waals surface area contributed by atoms with Gasteiger partial charge < -0.3 is 19.5 Å². The van der Waals surface area contributed by atoms with Gasteiger partial charge in [-0.05, 0) is 13.8 Å². The van der Waals surface area contributed by atoms with Crippen LogP contribution in [0.15, 0.2) is 12.2 Å². The highest BCUT2D eigenvalue weighted by molar-refractivity contribution is 5.86. The summed E-state index contributed by atoms with van der Waals surface area (Å²) in [5, 5.41) is 8.86. The second-order valence-corrected chi connectivity index (χ2v) is 3.38. The summed E-state index contributed by atoms with van der Waals surface area (Å²) in [5.74, 6) is -0.514. The van der Waals surface area contributed by atoms with E-state index >= 15 is 0 Å². The quantitative estimate of drug-likeness (QED) is 0.394. The Hall–Kier alpha value is -1.56. The van der Waals surface area contributed by atoms with E-state index in [1.165, 1.54) is 6.92 Å². The van der Waals surface area contributed by atoms with Crippen LogP contribution in [0.1, 0.15) is 13.8 Å². The molecule has 98 valence electrons. The topological polar surface area (TPSA) is 76.1 Å². The van der Waals surface area contributed by atoms with E-state index in [0.29, 0.717) is 18.8 Å². The summed E-state index contributed by atoms with van der Waals surface area (Å²) in [6.07, 6.45) is -1.06. The molecule has 0 aromatic carbocycles. The summed E-state index contributed by atoms with van der Waals surface area (Å²) in [6, 6.07) is 0. The number of carbonyl (C=O) groups is 2. The Morgan fingerprint density at radius 3 is 2.35 bits per heavy atom. The molecule has 0 aromatic rings. The van der Waals surface area contributed by atoms with E-state index in [-0.39, 0.29) is 19.7 Å². The molecule has 0 spiro atoms. The molecule has 1 N–H and O–H groups in total. The molecule has 6 nitrogen and oxygen atoms in total. The number of hydrogen-bond acceptors (Lipinski definition) is 4. The molecule has 0 aliphatic rings. The third-order valence-electron chi connectivity index (χ3n) is 1.92. The maximum atomic E-state index is 11.0. The van der Waals surface area contributed by atoms with Crippen LogP contribution in [0, 0.1) is 0 Å². The molecule has 0 radical (unpaired) electrons. The van der Waals surface area contributed by atoms with Crippen molar-refractivity contribution in [1.82, 2.24) is 4.90 Å². The van der Waals surface area contributed by atoms with Crippen molar-refractivity contribution in [2.75, 3.05) is 32.9 Å². The molecule has 6 heteroatoms. The third kappa shape index (κ3) is 7.35. The van der Waals surface area contributed by atoms with Crippen LogP contribution in [-0.4, -0.2) is 55.0 Å². The molecule has 0 heterocycles. The highest BCUT2D eigenvalue weighted by atomic mass is 16.5. The molecular weight excluding hydrogens is 226 g/mol. The van der Waals surface area contributed by atoms with E-state index in [0.717, 1.165) is 4.90 Å². The maximum Gasteiger partial charge on any atom is 0.407 e. The highest BCUT2D eigenvalue weighted by Gasteiger charge is 2.12. The van der Waals surface area contributed by atoms with Gasteiger partial charge in [0.25, 0.3) is 0 Å². The second kappa shape index (κ2) is 8.58. The van der Waals surface area contributed by atoms with Crippen molar-refractivity contribution < 1.29 is 24.2 Å². The SMILES string of the molecule is C=C(C)C(=O)OCCN(CCOCC)C(=O)O. The molecule has 0 unspecified atom stereocenters. The van der Waals surface area contributed by atoms with Crippen molar-refractivity contribution in [3.05, 3.63) is 12.2 Å². The van der Waals surface area contributed by atoms with Gasteiger partial charge >= 0.3 is 12.1 Å². The molecule has 0 rings (SSSR count). The number of nitrogens with zero attached hydrogens (tertiary/aromatic N) is 1. The Labute approximate surface area is 101 Å². The van der Waals surface area contributed by atoms with Crippen molar-refractivity contribution in [2.45, 2.75) is 13.8 Å². The van der Waals surface area contributed by atoms with Gasteiger partial charge in [0.05, 0.1) is 13.2 Å². The largest absolute Gasteiger partial charge is 0.465 e. The molecule has 1 amide bonds. The van der Waals surface area contributed by atoms with Gasteiger partial charge in [0, 0.05) is 18.7 Å². The van der Waals surface area contributed by atoms with Gasteiger partial charge in [-0.25, -0.2) is 9.59 Å². The third-order valence-corrected chi connectivity index (χ3v) is 1.92. The summed E-state index contributed by atoms with van der Waals surface area (Å²) in [6.45, 7) is 8.06. The fourth-order valence-electron chi connectivity index (χ4n) is 0.994. The highest BCUT2D eigenvalue weighted by Crippen LogP contribution is 1.95. The van der Waals surface area contributed by atoms with Crippen molar-refractivity contribution in [1.29, 1.82) is 0 Å². The van der Waals surface area contributed by atoms with Crippen molar-refractivity contribution in [3.63, 3.8) is 0 Å².